The average Bonchev–Trinajstić information content (AvgIpc) is 2.37. The first-order valence-electron chi connectivity index (χ1n) is 5.39. The van der Waals surface area contributed by atoms with Crippen LogP contribution in [0.4, 0.5) is 0 Å². The number of aliphatic hydroxyl groups excluding tert-OH is 1. The minimum absolute atomic E-state index is 0.0309. The van der Waals surface area contributed by atoms with Crippen LogP contribution in [0.3, 0.4) is 0 Å². The topological polar surface area (TPSA) is 77.8 Å². The van der Waals surface area contributed by atoms with Crippen LogP contribution < -0.4 is 0 Å². The number of carbonyl (C=O) groups excluding carboxylic acids is 1. The van der Waals surface area contributed by atoms with Crippen molar-refractivity contribution in [3.63, 3.8) is 0 Å². The minimum atomic E-state index is -1.41. The largest absolute Gasteiger partial charge is 0.508 e. The molecule has 0 amide bonds. The maximum atomic E-state index is 12.0. The normalized spacial score (nSPS) is 12.1. The molecule has 1 unspecified atom stereocenters. The molecule has 0 aromatic heterocycles. The molecular formula is C14H12O4. The van der Waals surface area contributed by atoms with Gasteiger partial charge in [-0.25, -0.2) is 0 Å². The zero-order valence-corrected chi connectivity index (χ0v) is 9.45. The van der Waals surface area contributed by atoms with Crippen molar-refractivity contribution in [3.8, 4) is 11.5 Å². The Morgan fingerprint density at radius 2 is 1.72 bits per heavy atom. The van der Waals surface area contributed by atoms with Crippen LogP contribution in [0.2, 0.25) is 0 Å². The number of phenols is 2. The molecule has 2 rings (SSSR count). The summed E-state index contributed by atoms with van der Waals surface area (Å²) in [5.74, 6) is -0.822. The third-order valence-electron chi connectivity index (χ3n) is 2.60. The molecule has 4 heteroatoms. The number of Topliss-reactive ketones (excluding diaryl/α,β-unsaturated/α-hetero) is 1. The second kappa shape index (κ2) is 4.89. The Hall–Kier alpha value is -2.33. The molecule has 0 spiro atoms. The van der Waals surface area contributed by atoms with Crippen LogP contribution in [0.15, 0.2) is 48.5 Å². The van der Waals surface area contributed by atoms with Crippen molar-refractivity contribution in [3.05, 3.63) is 59.7 Å². The zero-order chi connectivity index (χ0) is 13.1. The van der Waals surface area contributed by atoms with Gasteiger partial charge in [-0.05, 0) is 29.8 Å². The standard InChI is InChI=1S/C14H12O4/c15-10-5-3-4-9(8-10)13(17)14(18)11-6-1-2-7-12(11)16/h1-8,13,15-17H. The Morgan fingerprint density at radius 1 is 1.00 bits per heavy atom. The van der Waals surface area contributed by atoms with Gasteiger partial charge in [-0.2, -0.15) is 0 Å². The second-order valence-corrected chi connectivity index (χ2v) is 3.88. The third kappa shape index (κ3) is 2.33. The molecule has 0 radical (unpaired) electrons. The first-order valence-corrected chi connectivity index (χ1v) is 5.39. The summed E-state index contributed by atoms with van der Waals surface area (Å²) in [6.45, 7) is 0. The molecule has 0 bridgehead atoms. The highest BCUT2D eigenvalue weighted by molar-refractivity contribution is 6.02. The maximum absolute atomic E-state index is 12.0. The van der Waals surface area contributed by atoms with Gasteiger partial charge in [0, 0.05) is 0 Å². The highest BCUT2D eigenvalue weighted by Crippen LogP contribution is 2.25. The fourth-order valence-electron chi connectivity index (χ4n) is 1.68. The zero-order valence-electron chi connectivity index (χ0n) is 9.45. The molecule has 92 valence electrons. The number of carbonyl (C=O) groups is 1. The highest BCUT2D eigenvalue weighted by Gasteiger charge is 2.21. The number of rotatable bonds is 3. The molecule has 0 aliphatic carbocycles. The van der Waals surface area contributed by atoms with Crippen molar-refractivity contribution < 1.29 is 20.1 Å². The lowest BCUT2D eigenvalue weighted by atomic mass is 9.99. The van der Waals surface area contributed by atoms with Gasteiger partial charge in [0.05, 0.1) is 5.56 Å². The van der Waals surface area contributed by atoms with E-state index in [1.165, 1.54) is 36.4 Å². The van der Waals surface area contributed by atoms with E-state index in [4.69, 9.17) is 0 Å². The van der Waals surface area contributed by atoms with E-state index in [2.05, 4.69) is 0 Å². The van der Waals surface area contributed by atoms with Gasteiger partial charge in [0.15, 0.2) is 5.78 Å². The van der Waals surface area contributed by atoms with E-state index in [0.717, 1.165) is 0 Å². The quantitative estimate of drug-likeness (QED) is 0.722. The first-order chi connectivity index (χ1) is 8.59. The number of para-hydroxylation sites is 1. The monoisotopic (exact) mass is 244 g/mol. The van der Waals surface area contributed by atoms with Crippen molar-refractivity contribution >= 4 is 5.78 Å². The van der Waals surface area contributed by atoms with E-state index in [9.17, 15) is 20.1 Å². The van der Waals surface area contributed by atoms with Gasteiger partial charge in [-0.3, -0.25) is 4.79 Å². The van der Waals surface area contributed by atoms with E-state index in [1.807, 2.05) is 0 Å². The van der Waals surface area contributed by atoms with Gasteiger partial charge < -0.3 is 15.3 Å². The third-order valence-corrected chi connectivity index (χ3v) is 2.60. The lowest BCUT2D eigenvalue weighted by Gasteiger charge is -2.11. The summed E-state index contributed by atoms with van der Waals surface area (Å²) in [6, 6.07) is 11.8. The summed E-state index contributed by atoms with van der Waals surface area (Å²) in [5, 5.41) is 28.8. The molecule has 0 saturated carbocycles. The average molecular weight is 244 g/mol. The summed E-state index contributed by atoms with van der Waals surface area (Å²) in [7, 11) is 0. The summed E-state index contributed by atoms with van der Waals surface area (Å²) >= 11 is 0. The molecule has 0 fully saturated rings. The van der Waals surface area contributed by atoms with Gasteiger partial charge in [0.2, 0.25) is 0 Å². The minimum Gasteiger partial charge on any atom is -0.508 e. The molecule has 3 N–H and O–H groups in total. The maximum Gasteiger partial charge on any atom is 0.199 e. The summed E-state index contributed by atoms with van der Waals surface area (Å²) < 4.78 is 0. The first kappa shape index (κ1) is 12.1. The van der Waals surface area contributed by atoms with Crippen LogP contribution in [-0.4, -0.2) is 21.1 Å². The molecule has 2 aromatic carbocycles. The number of benzene rings is 2. The second-order valence-electron chi connectivity index (χ2n) is 3.88. The number of hydrogen-bond donors (Lipinski definition) is 3. The summed E-state index contributed by atoms with van der Waals surface area (Å²) in [6.07, 6.45) is -1.41. The van der Waals surface area contributed by atoms with E-state index in [0.29, 0.717) is 0 Å². The van der Waals surface area contributed by atoms with E-state index < -0.39 is 11.9 Å². The fraction of sp³-hybridized carbons (Fsp3) is 0.0714. The van der Waals surface area contributed by atoms with Gasteiger partial charge in [0.25, 0.3) is 0 Å². The van der Waals surface area contributed by atoms with Crippen molar-refractivity contribution in [1.82, 2.24) is 0 Å². The molecule has 0 aliphatic rings. The van der Waals surface area contributed by atoms with Crippen LogP contribution in [0.5, 0.6) is 11.5 Å². The fourth-order valence-corrected chi connectivity index (χ4v) is 1.68. The number of phenolic OH excluding ortho intramolecular Hbond substituents is 2. The predicted molar refractivity (Wildman–Crippen MR) is 65.5 cm³/mol. The number of aromatic hydroxyl groups is 2. The molecule has 0 heterocycles. The van der Waals surface area contributed by atoms with Gasteiger partial charge in [-0.1, -0.05) is 24.3 Å². The van der Waals surface area contributed by atoms with E-state index >= 15 is 0 Å². The van der Waals surface area contributed by atoms with Crippen molar-refractivity contribution in [2.24, 2.45) is 0 Å². The summed E-state index contributed by atoms with van der Waals surface area (Å²) in [5.41, 5.74) is 0.330. The molecule has 0 saturated heterocycles. The molecule has 18 heavy (non-hydrogen) atoms. The SMILES string of the molecule is O=C(c1ccccc1O)C(O)c1cccc(O)c1. The van der Waals surface area contributed by atoms with Crippen molar-refractivity contribution in [2.45, 2.75) is 6.10 Å². The van der Waals surface area contributed by atoms with Crippen LogP contribution in [0, 0.1) is 0 Å². The predicted octanol–water partition coefficient (Wildman–Crippen LogP) is 2.01. The van der Waals surface area contributed by atoms with Gasteiger partial charge in [0.1, 0.15) is 17.6 Å². The molecule has 1 atom stereocenters. The highest BCUT2D eigenvalue weighted by atomic mass is 16.3. The Labute approximate surface area is 104 Å². The molecule has 0 aliphatic heterocycles. The van der Waals surface area contributed by atoms with Crippen LogP contribution in [-0.2, 0) is 0 Å². The lowest BCUT2D eigenvalue weighted by molar-refractivity contribution is 0.0744. The molecular weight excluding hydrogens is 232 g/mol. The Bertz CT molecular complexity index is 578. The van der Waals surface area contributed by atoms with Gasteiger partial charge >= 0.3 is 0 Å². The van der Waals surface area contributed by atoms with Crippen molar-refractivity contribution in [1.29, 1.82) is 0 Å². The van der Waals surface area contributed by atoms with Crippen molar-refractivity contribution in [2.75, 3.05) is 0 Å². The van der Waals surface area contributed by atoms with Gasteiger partial charge in [-0.15, -0.1) is 0 Å². The summed E-state index contributed by atoms with van der Waals surface area (Å²) in [4.78, 5) is 12.0. The number of hydrogen-bond acceptors (Lipinski definition) is 4. The molecule has 4 nitrogen and oxygen atoms in total. The van der Waals surface area contributed by atoms with E-state index in [1.54, 1.807) is 12.1 Å². The van der Waals surface area contributed by atoms with Crippen LogP contribution in [0.25, 0.3) is 0 Å². The van der Waals surface area contributed by atoms with Crippen LogP contribution in [0.1, 0.15) is 22.0 Å². The Kier molecular flexibility index (Phi) is 3.30. The smallest absolute Gasteiger partial charge is 0.199 e. The Balaban J connectivity index is 2.32. The molecule has 2 aromatic rings. The van der Waals surface area contributed by atoms with Crippen LogP contribution >= 0.6 is 0 Å². The number of aliphatic hydroxyl groups is 1. The Morgan fingerprint density at radius 3 is 2.39 bits per heavy atom. The number of ketones is 1. The van der Waals surface area contributed by atoms with E-state index in [-0.39, 0.29) is 22.6 Å². The lowest BCUT2D eigenvalue weighted by Crippen LogP contribution is -2.12.